The summed E-state index contributed by atoms with van der Waals surface area (Å²) in [7, 11) is 0. The van der Waals surface area contributed by atoms with Crippen LogP contribution in [0.3, 0.4) is 0 Å². The SMILES string of the molecule is Cc1ncsc1-c1ccc(CNC(=O)C2CC(O)CN2C(=O)C2CCCCC2)cc1. The van der Waals surface area contributed by atoms with Gasteiger partial charge in [0.05, 0.1) is 22.2 Å². The van der Waals surface area contributed by atoms with Gasteiger partial charge in [0.25, 0.3) is 0 Å². The van der Waals surface area contributed by atoms with Crippen LogP contribution in [-0.4, -0.2) is 45.5 Å². The number of benzene rings is 1. The molecule has 2 unspecified atom stereocenters. The molecule has 2 aliphatic rings. The molecule has 1 aromatic carbocycles. The van der Waals surface area contributed by atoms with E-state index in [1.54, 1.807) is 16.2 Å². The second kappa shape index (κ2) is 9.27. The molecule has 0 bridgehead atoms. The average molecular weight is 428 g/mol. The highest BCUT2D eigenvalue weighted by Crippen LogP contribution is 2.29. The number of thiazole rings is 1. The van der Waals surface area contributed by atoms with Crippen molar-refractivity contribution < 1.29 is 14.7 Å². The fourth-order valence-electron chi connectivity index (χ4n) is 4.55. The maximum atomic E-state index is 12.9. The van der Waals surface area contributed by atoms with E-state index in [-0.39, 0.29) is 24.3 Å². The standard InChI is InChI=1S/C23H29N3O3S/c1-15-21(30-14-25-15)17-9-7-16(8-10-17)12-24-22(28)20-11-19(27)13-26(20)23(29)18-5-3-2-4-6-18/h7-10,14,18-20,27H,2-6,11-13H2,1H3,(H,24,28). The predicted octanol–water partition coefficient (Wildman–Crippen LogP) is 3.28. The number of aryl methyl sites for hydroxylation is 1. The lowest BCUT2D eigenvalue weighted by molar-refractivity contribution is -0.142. The summed E-state index contributed by atoms with van der Waals surface area (Å²) in [6, 6.07) is 7.51. The zero-order valence-electron chi connectivity index (χ0n) is 17.3. The first kappa shape index (κ1) is 21.0. The Hall–Kier alpha value is -2.25. The van der Waals surface area contributed by atoms with Crippen molar-refractivity contribution in [3.8, 4) is 10.4 Å². The zero-order chi connectivity index (χ0) is 21.1. The summed E-state index contributed by atoms with van der Waals surface area (Å²) in [6.07, 6.45) is 4.79. The molecule has 1 aliphatic carbocycles. The van der Waals surface area contributed by atoms with Crippen LogP contribution in [0.4, 0.5) is 0 Å². The highest BCUT2D eigenvalue weighted by molar-refractivity contribution is 7.13. The zero-order valence-corrected chi connectivity index (χ0v) is 18.2. The molecule has 2 fully saturated rings. The van der Waals surface area contributed by atoms with Crippen molar-refractivity contribution >= 4 is 23.2 Å². The molecule has 2 amide bonds. The number of aliphatic hydroxyl groups is 1. The van der Waals surface area contributed by atoms with Crippen LogP contribution in [0.15, 0.2) is 29.8 Å². The molecule has 6 nitrogen and oxygen atoms in total. The van der Waals surface area contributed by atoms with Gasteiger partial charge in [-0.3, -0.25) is 9.59 Å². The number of aliphatic hydroxyl groups excluding tert-OH is 1. The predicted molar refractivity (Wildman–Crippen MR) is 117 cm³/mol. The number of rotatable bonds is 5. The van der Waals surface area contributed by atoms with Crippen LogP contribution in [0, 0.1) is 12.8 Å². The number of hydrogen-bond donors (Lipinski definition) is 2. The Morgan fingerprint density at radius 2 is 1.93 bits per heavy atom. The van der Waals surface area contributed by atoms with Crippen molar-refractivity contribution in [1.29, 1.82) is 0 Å². The number of amides is 2. The minimum atomic E-state index is -0.629. The minimum absolute atomic E-state index is 0.00194. The van der Waals surface area contributed by atoms with Crippen molar-refractivity contribution in [2.75, 3.05) is 6.54 Å². The molecule has 2 N–H and O–H groups in total. The Balaban J connectivity index is 1.36. The monoisotopic (exact) mass is 427 g/mol. The Kier molecular flexibility index (Phi) is 6.49. The van der Waals surface area contributed by atoms with E-state index >= 15 is 0 Å². The highest BCUT2D eigenvalue weighted by atomic mass is 32.1. The molecule has 2 aromatic rings. The van der Waals surface area contributed by atoms with E-state index in [2.05, 4.69) is 10.3 Å². The number of nitrogens with one attached hydrogen (secondary N) is 1. The van der Waals surface area contributed by atoms with Crippen LogP contribution in [-0.2, 0) is 16.1 Å². The van der Waals surface area contributed by atoms with Gasteiger partial charge in [-0.05, 0) is 30.9 Å². The lowest BCUT2D eigenvalue weighted by Crippen LogP contribution is -2.48. The molecule has 160 valence electrons. The highest BCUT2D eigenvalue weighted by Gasteiger charge is 2.41. The van der Waals surface area contributed by atoms with Gasteiger partial charge in [0.2, 0.25) is 11.8 Å². The van der Waals surface area contributed by atoms with Crippen molar-refractivity contribution in [1.82, 2.24) is 15.2 Å². The average Bonchev–Trinajstić information content (AvgIpc) is 3.38. The van der Waals surface area contributed by atoms with Gasteiger partial charge in [-0.25, -0.2) is 4.98 Å². The third-order valence-electron chi connectivity index (χ3n) is 6.25. The minimum Gasteiger partial charge on any atom is -0.391 e. The second-order valence-electron chi connectivity index (χ2n) is 8.41. The molecule has 0 radical (unpaired) electrons. The van der Waals surface area contributed by atoms with Gasteiger partial charge in [0, 0.05) is 25.4 Å². The van der Waals surface area contributed by atoms with Gasteiger partial charge in [-0.2, -0.15) is 0 Å². The smallest absolute Gasteiger partial charge is 0.243 e. The van der Waals surface area contributed by atoms with Crippen molar-refractivity contribution in [2.24, 2.45) is 5.92 Å². The number of β-amino-alcohol motifs (C(OH)–C–C–N with tert-alkyl or cyclic N) is 1. The number of carbonyl (C=O) groups is 2. The summed E-state index contributed by atoms with van der Waals surface area (Å²) in [5, 5.41) is 13.1. The molecule has 2 heterocycles. The maximum Gasteiger partial charge on any atom is 0.243 e. The van der Waals surface area contributed by atoms with Gasteiger partial charge in [0.15, 0.2) is 0 Å². The summed E-state index contributed by atoms with van der Waals surface area (Å²) < 4.78 is 0. The fourth-order valence-corrected chi connectivity index (χ4v) is 5.36. The first-order valence-corrected chi connectivity index (χ1v) is 11.7. The van der Waals surface area contributed by atoms with Crippen LogP contribution < -0.4 is 5.32 Å². The van der Waals surface area contributed by atoms with Gasteiger partial charge < -0.3 is 15.3 Å². The third kappa shape index (κ3) is 4.57. The lowest BCUT2D eigenvalue weighted by atomic mass is 9.88. The number of hydrogen-bond acceptors (Lipinski definition) is 5. The number of aromatic nitrogens is 1. The Bertz CT molecular complexity index is 889. The van der Waals surface area contributed by atoms with E-state index in [9.17, 15) is 14.7 Å². The van der Waals surface area contributed by atoms with Crippen molar-refractivity contribution in [3.63, 3.8) is 0 Å². The molecule has 2 atom stereocenters. The molecule has 30 heavy (non-hydrogen) atoms. The summed E-state index contributed by atoms with van der Waals surface area (Å²) in [6.45, 7) is 2.66. The maximum absolute atomic E-state index is 12.9. The fraction of sp³-hybridized carbons (Fsp3) is 0.522. The van der Waals surface area contributed by atoms with Crippen molar-refractivity contribution in [3.05, 3.63) is 41.0 Å². The van der Waals surface area contributed by atoms with E-state index < -0.39 is 12.1 Å². The van der Waals surface area contributed by atoms with E-state index in [1.165, 1.54) is 6.42 Å². The Morgan fingerprint density at radius 3 is 2.60 bits per heavy atom. The van der Waals surface area contributed by atoms with Gasteiger partial charge in [0.1, 0.15) is 6.04 Å². The summed E-state index contributed by atoms with van der Waals surface area (Å²) in [4.78, 5) is 32.8. The normalized spacial score (nSPS) is 22.3. The van der Waals surface area contributed by atoms with E-state index in [0.29, 0.717) is 13.0 Å². The molecule has 1 saturated carbocycles. The summed E-state index contributed by atoms with van der Waals surface area (Å²) in [5.74, 6) is -0.143. The van der Waals surface area contributed by atoms with Crippen LogP contribution >= 0.6 is 11.3 Å². The summed E-state index contributed by atoms with van der Waals surface area (Å²) >= 11 is 1.62. The quantitative estimate of drug-likeness (QED) is 0.767. The first-order valence-electron chi connectivity index (χ1n) is 10.8. The molecule has 1 aromatic heterocycles. The van der Waals surface area contributed by atoms with Crippen molar-refractivity contribution in [2.45, 2.75) is 64.1 Å². The molecule has 4 rings (SSSR count). The molecular weight excluding hydrogens is 398 g/mol. The molecule has 7 heteroatoms. The number of carbonyl (C=O) groups excluding carboxylic acids is 2. The van der Waals surface area contributed by atoms with E-state index in [4.69, 9.17) is 0 Å². The Labute approximate surface area is 181 Å². The molecule has 1 aliphatic heterocycles. The lowest BCUT2D eigenvalue weighted by Gasteiger charge is -2.29. The van der Waals surface area contributed by atoms with Gasteiger partial charge in [-0.1, -0.05) is 43.5 Å². The number of likely N-dealkylation sites (tertiary alicyclic amines) is 1. The Morgan fingerprint density at radius 1 is 1.20 bits per heavy atom. The second-order valence-corrected chi connectivity index (χ2v) is 9.27. The first-order chi connectivity index (χ1) is 14.5. The molecule has 1 saturated heterocycles. The molecular formula is C23H29N3O3S. The van der Waals surface area contributed by atoms with Gasteiger partial charge in [-0.15, -0.1) is 11.3 Å². The van der Waals surface area contributed by atoms with E-state index in [1.807, 2.05) is 36.7 Å². The third-order valence-corrected chi connectivity index (χ3v) is 7.23. The van der Waals surface area contributed by atoms with Crippen LogP contribution in [0.5, 0.6) is 0 Å². The topological polar surface area (TPSA) is 82.5 Å². The van der Waals surface area contributed by atoms with Crippen LogP contribution in [0.25, 0.3) is 10.4 Å². The molecule has 0 spiro atoms. The number of nitrogens with zero attached hydrogens (tertiary/aromatic N) is 2. The largest absolute Gasteiger partial charge is 0.391 e. The van der Waals surface area contributed by atoms with Crippen LogP contribution in [0.2, 0.25) is 0 Å². The van der Waals surface area contributed by atoms with Crippen LogP contribution in [0.1, 0.15) is 49.8 Å². The van der Waals surface area contributed by atoms with E-state index in [0.717, 1.165) is 47.4 Å². The van der Waals surface area contributed by atoms with Gasteiger partial charge >= 0.3 is 0 Å². The summed E-state index contributed by atoms with van der Waals surface area (Å²) in [5.41, 5.74) is 4.98.